The predicted molar refractivity (Wildman–Crippen MR) is 154 cm³/mol. The summed E-state index contributed by atoms with van der Waals surface area (Å²) in [6.07, 6.45) is 1.39. The van der Waals surface area contributed by atoms with Crippen LogP contribution in [0.2, 0.25) is 0 Å². The molecule has 0 bridgehead atoms. The number of hydrogen-bond donors (Lipinski definition) is 1. The van der Waals surface area contributed by atoms with Crippen LogP contribution in [0.3, 0.4) is 0 Å². The molecule has 1 N–H and O–H groups in total. The molecule has 0 atom stereocenters. The maximum Gasteiger partial charge on any atom is 0.227 e. The number of carbonyl (C=O) groups is 1. The van der Waals surface area contributed by atoms with Gasteiger partial charge in [-0.15, -0.1) is 0 Å². The zero-order valence-electron chi connectivity index (χ0n) is 22.8. The fourth-order valence-corrected chi connectivity index (χ4v) is 5.93. The first-order valence-electron chi connectivity index (χ1n) is 13.6. The number of carbonyl (C=O) groups excluding carboxylic acids is 1. The van der Waals surface area contributed by atoms with Gasteiger partial charge in [-0.3, -0.25) is 4.79 Å². The predicted octanol–water partition coefficient (Wildman–Crippen LogP) is 5.76. The lowest BCUT2D eigenvalue weighted by Crippen LogP contribution is -2.37. The van der Waals surface area contributed by atoms with Crippen LogP contribution in [0.15, 0.2) is 66.7 Å². The normalized spacial score (nSPS) is 16.9. The Morgan fingerprint density at radius 2 is 1.51 bits per heavy atom. The summed E-state index contributed by atoms with van der Waals surface area (Å²) in [6, 6.07) is 23.7. The Hall–Kier alpha value is -3.31. The number of fused-ring (bicyclic) bond motifs is 2. The summed E-state index contributed by atoms with van der Waals surface area (Å²) in [5.74, 6) is 0.209. The van der Waals surface area contributed by atoms with E-state index in [0.29, 0.717) is 13.0 Å². The van der Waals surface area contributed by atoms with E-state index in [-0.39, 0.29) is 11.3 Å². The fourth-order valence-electron chi connectivity index (χ4n) is 5.93. The van der Waals surface area contributed by atoms with E-state index >= 15 is 0 Å². The maximum atomic E-state index is 12.7. The van der Waals surface area contributed by atoms with Crippen molar-refractivity contribution in [2.75, 3.05) is 41.4 Å². The van der Waals surface area contributed by atoms with Crippen LogP contribution in [0.25, 0.3) is 0 Å². The molecule has 5 heteroatoms. The summed E-state index contributed by atoms with van der Waals surface area (Å²) in [7, 11) is 2.22. The number of aryl methyl sites for hydroxylation is 1. The molecule has 37 heavy (non-hydrogen) atoms. The van der Waals surface area contributed by atoms with Gasteiger partial charge in [-0.25, -0.2) is 0 Å². The highest BCUT2D eigenvalue weighted by Gasteiger charge is 2.29. The van der Waals surface area contributed by atoms with E-state index in [0.717, 1.165) is 50.4 Å². The number of nitrogens with one attached hydrogen (secondary N) is 1. The minimum absolute atomic E-state index is 0.209. The second kappa shape index (κ2) is 10.6. The SMILES string of the molecule is CCN1CC(C)(C)CN(C)c2cc(CNCc3ccc4c(c3)CCC(=O)N4Cc3ccccc3)ccc21. The van der Waals surface area contributed by atoms with Crippen molar-refractivity contribution in [2.45, 2.75) is 53.2 Å². The van der Waals surface area contributed by atoms with Crippen molar-refractivity contribution in [3.63, 3.8) is 0 Å². The van der Waals surface area contributed by atoms with Gasteiger partial charge in [0.05, 0.1) is 17.9 Å². The lowest BCUT2D eigenvalue weighted by atomic mass is 9.92. The molecule has 0 unspecified atom stereocenters. The lowest BCUT2D eigenvalue weighted by molar-refractivity contribution is -0.119. The largest absolute Gasteiger partial charge is 0.372 e. The third-order valence-corrected chi connectivity index (χ3v) is 7.64. The van der Waals surface area contributed by atoms with Gasteiger partial charge in [0.1, 0.15) is 0 Å². The number of rotatable bonds is 7. The van der Waals surface area contributed by atoms with Crippen molar-refractivity contribution < 1.29 is 4.79 Å². The summed E-state index contributed by atoms with van der Waals surface area (Å²) in [5.41, 5.74) is 8.96. The van der Waals surface area contributed by atoms with Crippen molar-refractivity contribution in [3.8, 4) is 0 Å². The molecule has 3 aromatic carbocycles. The molecule has 0 aliphatic carbocycles. The van der Waals surface area contributed by atoms with E-state index in [4.69, 9.17) is 0 Å². The van der Waals surface area contributed by atoms with E-state index in [9.17, 15) is 4.79 Å². The Bertz CT molecular complexity index is 1250. The molecule has 2 aliphatic heterocycles. The molecule has 2 aliphatic rings. The summed E-state index contributed by atoms with van der Waals surface area (Å²) in [5, 5.41) is 3.65. The highest BCUT2D eigenvalue weighted by atomic mass is 16.2. The highest BCUT2D eigenvalue weighted by molar-refractivity contribution is 5.96. The van der Waals surface area contributed by atoms with Crippen LogP contribution in [-0.2, 0) is 30.8 Å². The summed E-state index contributed by atoms with van der Waals surface area (Å²) < 4.78 is 0. The van der Waals surface area contributed by atoms with E-state index in [1.807, 2.05) is 23.1 Å². The Balaban J connectivity index is 1.25. The van der Waals surface area contributed by atoms with E-state index in [1.165, 1.54) is 28.1 Å². The molecule has 194 valence electrons. The van der Waals surface area contributed by atoms with Gasteiger partial charge in [0.15, 0.2) is 0 Å². The minimum atomic E-state index is 0.209. The molecule has 0 spiro atoms. The minimum Gasteiger partial charge on any atom is -0.372 e. The van der Waals surface area contributed by atoms with Crippen molar-refractivity contribution in [3.05, 3.63) is 89.0 Å². The molecule has 0 radical (unpaired) electrons. The molecule has 5 nitrogen and oxygen atoms in total. The van der Waals surface area contributed by atoms with Crippen molar-refractivity contribution in [2.24, 2.45) is 5.41 Å². The summed E-state index contributed by atoms with van der Waals surface area (Å²) in [6.45, 7) is 12.4. The quantitative estimate of drug-likeness (QED) is 0.452. The molecular weight excluding hydrogens is 456 g/mol. The molecule has 3 aromatic rings. The van der Waals surface area contributed by atoms with Crippen LogP contribution in [0.4, 0.5) is 17.1 Å². The molecule has 5 rings (SSSR count). The van der Waals surface area contributed by atoms with Crippen LogP contribution < -0.4 is 20.0 Å². The Labute approximate surface area is 222 Å². The second-order valence-corrected chi connectivity index (χ2v) is 11.4. The van der Waals surface area contributed by atoms with Gasteiger partial charge in [-0.2, -0.15) is 0 Å². The standard InChI is InChI=1S/C32H40N4O/c1-5-35-23-32(2,3)22-34(4)30-18-26(12-15-29(30)35)20-33-19-25-11-14-28-27(17-25)13-16-31(37)36(28)21-24-9-7-6-8-10-24/h6-12,14-15,17-18,33H,5,13,16,19-23H2,1-4H3. The van der Waals surface area contributed by atoms with Gasteiger partial charge in [0.2, 0.25) is 5.91 Å². The van der Waals surface area contributed by atoms with Gasteiger partial charge >= 0.3 is 0 Å². The number of amides is 1. The number of anilines is 3. The first kappa shape index (κ1) is 25.3. The van der Waals surface area contributed by atoms with Crippen LogP contribution >= 0.6 is 0 Å². The average Bonchev–Trinajstić information content (AvgIpc) is 2.99. The maximum absolute atomic E-state index is 12.7. The first-order chi connectivity index (χ1) is 17.8. The molecular formula is C32H40N4O. The molecule has 1 amide bonds. The molecule has 0 saturated carbocycles. The van der Waals surface area contributed by atoms with E-state index in [2.05, 4.69) is 91.5 Å². The Kier molecular flexibility index (Phi) is 7.25. The average molecular weight is 497 g/mol. The zero-order valence-corrected chi connectivity index (χ0v) is 22.8. The summed E-state index contributed by atoms with van der Waals surface area (Å²) >= 11 is 0. The first-order valence-corrected chi connectivity index (χ1v) is 13.6. The van der Waals surface area contributed by atoms with Crippen LogP contribution in [0.5, 0.6) is 0 Å². The van der Waals surface area contributed by atoms with Gasteiger partial charge in [0, 0.05) is 51.9 Å². The second-order valence-electron chi connectivity index (χ2n) is 11.4. The van der Waals surface area contributed by atoms with Gasteiger partial charge < -0.3 is 20.0 Å². The highest BCUT2D eigenvalue weighted by Crippen LogP contribution is 2.37. The molecule has 0 saturated heterocycles. The van der Waals surface area contributed by atoms with Crippen molar-refractivity contribution >= 4 is 23.0 Å². The third-order valence-electron chi connectivity index (χ3n) is 7.64. The molecule has 2 heterocycles. The van der Waals surface area contributed by atoms with Crippen LogP contribution in [-0.4, -0.2) is 32.6 Å². The number of benzene rings is 3. The van der Waals surface area contributed by atoms with Crippen LogP contribution in [0.1, 0.15) is 49.4 Å². The van der Waals surface area contributed by atoms with E-state index < -0.39 is 0 Å². The van der Waals surface area contributed by atoms with Crippen molar-refractivity contribution in [1.29, 1.82) is 0 Å². The zero-order chi connectivity index (χ0) is 26.0. The summed E-state index contributed by atoms with van der Waals surface area (Å²) in [4.78, 5) is 19.6. The van der Waals surface area contributed by atoms with Crippen molar-refractivity contribution in [1.82, 2.24) is 5.32 Å². The van der Waals surface area contributed by atoms with Crippen LogP contribution in [0, 0.1) is 5.41 Å². The monoisotopic (exact) mass is 496 g/mol. The number of nitrogens with zero attached hydrogens (tertiary/aromatic N) is 3. The van der Waals surface area contributed by atoms with Gasteiger partial charge in [0.25, 0.3) is 0 Å². The number of hydrogen-bond acceptors (Lipinski definition) is 4. The topological polar surface area (TPSA) is 38.8 Å². The van der Waals surface area contributed by atoms with Gasteiger partial charge in [-0.1, -0.05) is 62.4 Å². The van der Waals surface area contributed by atoms with Gasteiger partial charge in [-0.05, 0) is 59.2 Å². The molecule has 0 aromatic heterocycles. The lowest BCUT2D eigenvalue weighted by Gasteiger charge is -2.30. The molecule has 0 fully saturated rings. The third kappa shape index (κ3) is 5.67. The Morgan fingerprint density at radius 3 is 2.24 bits per heavy atom. The fraction of sp³-hybridized carbons (Fsp3) is 0.406. The Morgan fingerprint density at radius 1 is 0.811 bits per heavy atom. The smallest absolute Gasteiger partial charge is 0.227 e. The van der Waals surface area contributed by atoms with E-state index in [1.54, 1.807) is 0 Å².